The molecule has 1 aromatic rings. The van der Waals surface area contributed by atoms with E-state index in [0.29, 0.717) is 23.7 Å². The van der Waals surface area contributed by atoms with Crippen molar-refractivity contribution >= 4 is 17.5 Å². The third-order valence-corrected chi connectivity index (χ3v) is 6.57. The second kappa shape index (κ2) is 4.71. The Bertz CT molecular complexity index is 748. The van der Waals surface area contributed by atoms with Crippen molar-refractivity contribution in [3.05, 3.63) is 41.5 Å². The van der Waals surface area contributed by atoms with E-state index in [0.717, 1.165) is 16.8 Å². The molecule has 0 spiro atoms. The Hall–Kier alpha value is -2.10. The maximum atomic E-state index is 12.9. The summed E-state index contributed by atoms with van der Waals surface area (Å²) in [7, 11) is 0. The van der Waals surface area contributed by atoms with Crippen molar-refractivity contribution < 1.29 is 9.59 Å². The van der Waals surface area contributed by atoms with E-state index in [9.17, 15) is 9.59 Å². The van der Waals surface area contributed by atoms with Gasteiger partial charge in [-0.2, -0.15) is 0 Å². The standard InChI is InChI=1S/C20H22N2O2/c1-10-3-4-11(2)16(7-10)21-9-22-19(23)17-12-5-6-13(15-8-14(12)15)18(17)20(22)24/h3-7,12-15,17-18,21H,8-9H2,1-2H3/t12-,13-,14-,15+,17-,18+/m0/s1. The fourth-order valence-electron chi connectivity index (χ4n) is 5.27. The van der Waals surface area contributed by atoms with Gasteiger partial charge in [-0.05, 0) is 61.1 Å². The number of imide groups is 1. The minimum Gasteiger partial charge on any atom is -0.367 e. The first-order valence-corrected chi connectivity index (χ1v) is 8.91. The Balaban J connectivity index is 1.38. The molecule has 2 amide bonds. The number of anilines is 1. The highest BCUT2D eigenvalue weighted by atomic mass is 16.2. The van der Waals surface area contributed by atoms with Crippen LogP contribution in [-0.2, 0) is 9.59 Å². The summed E-state index contributed by atoms with van der Waals surface area (Å²) >= 11 is 0. The summed E-state index contributed by atoms with van der Waals surface area (Å²) in [6, 6.07) is 6.19. The van der Waals surface area contributed by atoms with E-state index >= 15 is 0 Å². The molecule has 1 saturated heterocycles. The molecular weight excluding hydrogens is 300 g/mol. The smallest absolute Gasteiger partial charge is 0.235 e. The van der Waals surface area contributed by atoms with Gasteiger partial charge in [-0.25, -0.2) is 0 Å². The zero-order valence-electron chi connectivity index (χ0n) is 14.0. The zero-order chi connectivity index (χ0) is 16.6. The number of allylic oxidation sites excluding steroid dienone is 2. The number of nitrogens with one attached hydrogen (secondary N) is 1. The van der Waals surface area contributed by atoms with Crippen molar-refractivity contribution in [2.45, 2.75) is 20.3 Å². The van der Waals surface area contributed by atoms with Crippen LogP contribution in [0.5, 0.6) is 0 Å². The molecule has 1 N–H and O–H groups in total. The Kier molecular flexibility index (Phi) is 2.80. The number of carbonyl (C=O) groups excluding carboxylic acids is 2. The second-order valence-corrected chi connectivity index (χ2v) is 7.91. The largest absolute Gasteiger partial charge is 0.367 e. The third kappa shape index (κ3) is 1.80. The highest BCUT2D eigenvalue weighted by molar-refractivity contribution is 6.06. The summed E-state index contributed by atoms with van der Waals surface area (Å²) in [6.45, 7) is 4.36. The van der Waals surface area contributed by atoms with E-state index in [1.165, 1.54) is 11.3 Å². The summed E-state index contributed by atoms with van der Waals surface area (Å²) in [5.41, 5.74) is 3.28. The number of carbonyl (C=O) groups is 2. The molecule has 6 atom stereocenters. The van der Waals surface area contributed by atoms with Gasteiger partial charge in [0.2, 0.25) is 11.8 Å². The summed E-state index contributed by atoms with van der Waals surface area (Å²) in [4.78, 5) is 27.3. The predicted molar refractivity (Wildman–Crippen MR) is 91.0 cm³/mol. The molecular formula is C20H22N2O2. The quantitative estimate of drug-likeness (QED) is 0.688. The Morgan fingerprint density at radius 2 is 1.67 bits per heavy atom. The van der Waals surface area contributed by atoms with Gasteiger partial charge in [-0.15, -0.1) is 0 Å². The highest BCUT2D eigenvalue weighted by Gasteiger charge is 2.66. The molecule has 1 heterocycles. The zero-order valence-corrected chi connectivity index (χ0v) is 14.0. The number of rotatable bonds is 3. The van der Waals surface area contributed by atoms with Crippen molar-refractivity contribution in [1.29, 1.82) is 0 Å². The van der Waals surface area contributed by atoms with Crippen LogP contribution in [0.2, 0.25) is 0 Å². The Labute approximate surface area is 141 Å². The fourth-order valence-corrected chi connectivity index (χ4v) is 5.27. The predicted octanol–water partition coefficient (Wildman–Crippen LogP) is 2.73. The lowest BCUT2D eigenvalue weighted by Crippen LogP contribution is -2.40. The van der Waals surface area contributed by atoms with Gasteiger partial charge in [0, 0.05) is 5.69 Å². The third-order valence-electron chi connectivity index (χ3n) is 6.57. The lowest BCUT2D eigenvalue weighted by atomic mass is 9.63. The van der Waals surface area contributed by atoms with E-state index in [-0.39, 0.29) is 30.3 Å². The van der Waals surface area contributed by atoms with Gasteiger partial charge in [-0.3, -0.25) is 14.5 Å². The van der Waals surface area contributed by atoms with E-state index in [4.69, 9.17) is 0 Å². The number of likely N-dealkylation sites (tertiary alicyclic amines) is 1. The van der Waals surface area contributed by atoms with Crippen LogP contribution >= 0.6 is 0 Å². The minimum atomic E-state index is -0.100. The SMILES string of the molecule is Cc1ccc(C)c(NCN2C(=O)[C@@H]3[C@H]4C=C[C@@H]([C@@H]5C[C@H]45)[C@@H]3C2=O)c1. The van der Waals surface area contributed by atoms with E-state index in [2.05, 4.69) is 35.7 Å². The molecule has 0 aromatic heterocycles. The van der Waals surface area contributed by atoms with Crippen molar-refractivity contribution in [3.63, 3.8) is 0 Å². The molecule has 4 aliphatic carbocycles. The molecule has 124 valence electrons. The number of benzene rings is 1. The molecule has 0 radical (unpaired) electrons. The lowest BCUT2D eigenvalue weighted by Gasteiger charge is -2.37. The number of aryl methyl sites for hydroxylation is 2. The molecule has 4 heteroatoms. The summed E-state index contributed by atoms with van der Waals surface area (Å²) in [5, 5.41) is 3.30. The van der Waals surface area contributed by atoms with Gasteiger partial charge >= 0.3 is 0 Å². The Morgan fingerprint density at radius 1 is 1.04 bits per heavy atom. The van der Waals surface area contributed by atoms with Crippen LogP contribution < -0.4 is 5.32 Å². The molecule has 24 heavy (non-hydrogen) atoms. The van der Waals surface area contributed by atoms with Crippen LogP contribution in [0.1, 0.15) is 17.5 Å². The van der Waals surface area contributed by atoms with Gasteiger partial charge in [0.05, 0.1) is 18.5 Å². The van der Waals surface area contributed by atoms with Gasteiger partial charge in [0.15, 0.2) is 0 Å². The molecule has 4 nitrogen and oxygen atoms in total. The van der Waals surface area contributed by atoms with Crippen LogP contribution in [-0.4, -0.2) is 23.4 Å². The molecule has 3 fully saturated rings. The summed E-state index contributed by atoms with van der Waals surface area (Å²) in [6.07, 6.45) is 5.64. The van der Waals surface area contributed by atoms with Gasteiger partial charge < -0.3 is 5.32 Å². The monoisotopic (exact) mass is 322 g/mol. The van der Waals surface area contributed by atoms with Crippen LogP contribution in [0.4, 0.5) is 5.69 Å². The van der Waals surface area contributed by atoms with Gasteiger partial charge in [0.25, 0.3) is 0 Å². The number of hydrogen-bond donors (Lipinski definition) is 1. The summed E-state index contributed by atoms with van der Waals surface area (Å²) in [5.74, 6) is 1.78. The van der Waals surface area contributed by atoms with Gasteiger partial charge in [0.1, 0.15) is 0 Å². The normalized spacial score (nSPS) is 38.3. The first-order chi connectivity index (χ1) is 11.6. The maximum absolute atomic E-state index is 12.9. The molecule has 1 aromatic carbocycles. The summed E-state index contributed by atoms with van der Waals surface area (Å²) < 4.78 is 0. The lowest BCUT2D eigenvalue weighted by molar-refractivity contribution is -0.139. The average molecular weight is 322 g/mol. The molecule has 0 unspecified atom stereocenters. The maximum Gasteiger partial charge on any atom is 0.235 e. The minimum absolute atomic E-state index is 0.0347. The molecule has 2 saturated carbocycles. The van der Waals surface area contributed by atoms with E-state index < -0.39 is 0 Å². The molecule has 6 rings (SSSR count). The van der Waals surface area contributed by atoms with Crippen molar-refractivity contribution in [2.75, 3.05) is 12.0 Å². The van der Waals surface area contributed by atoms with E-state index in [1.807, 2.05) is 13.8 Å². The average Bonchev–Trinajstić information content (AvgIpc) is 3.35. The van der Waals surface area contributed by atoms with Crippen LogP contribution in [0.3, 0.4) is 0 Å². The van der Waals surface area contributed by atoms with Crippen molar-refractivity contribution in [2.24, 2.45) is 35.5 Å². The first-order valence-electron chi connectivity index (χ1n) is 8.91. The number of amides is 2. The van der Waals surface area contributed by atoms with Crippen LogP contribution in [0.15, 0.2) is 30.4 Å². The number of hydrogen-bond acceptors (Lipinski definition) is 3. The van der Waals surface area contributed by atoms with E-state index in [1.54, 1.807) is 0 Å². The fraction of sp³-hybridized carbons (Fsp3) is 0.500. The van der Waals surface area contributed by atoms with Crippen LogP contribution in [0, 0.1) is 49.4 Å². The molecule has 2 bridgehead atoms. The van der Waals surface area contributed by atoms with Crippen molar-refractivity contribution in [1.82, 2.24) is 4.90 Å². The molecule has 1 aliphatic heterocycles. The highest BCUT2D eigenvalue weighted by Crippen LogP contribution is 2.65. The van der Waals surface area contributed by atoms with Crippen molar-refractivity contribution in [3.8, 4) is 0 Å². The topological polar surface area (TPSA) is 49.4 Å². The first kappa shape index (κ1) is 14.3. The second-order valence-electron chi connectivity index (χ2n) is 7.91. The number of nitrogens with zero attached hydrogens (tertiary/aromatic N) is 1. The van der Waals surface area contributed by atoms with Gasteiger partial charge in [-0.1, -0.05) is 24.3 Å². The molecule has 5 aliphatic rings. The van der Waals surface area contributed by atoms with Crippen LogP contribution in [0.25, 0.3) is 0 Å². The Morgan fingerprint density at radius 3 is 2.29 bits per heavy atom.